The van der Waals surface area contributed by atoms with Gasteiger partial charge in [0.1, 0.15) is 5.82 Å². The van der Waals surface area contributed by atoms with E-state index in [1.165, 1.54) is 22.8 Å². The molecule has 2 rings (SSSR count). The maximum atomic E-state index is 11.5. The molecule has 0 spiro atoms. The lowest BCUT2D eigenvalue weighted by Crippen LogP contribution is -2.17. The number of rotatable bonds is 3. The van der Waals surface area contributed by atoms with E-state index < -0.39 is 5.97 Å². The van der Waals surface area contributed by atoms with Crippen molar-refractivity contribution in [2.45, 2.75) is 0 Å². The standard InChI is InChI=1S/C13H11ClN2O3/c1-16-11(3-2-4-12(16)17)15-8-5-6-10(14)9(7-8)13(18)19/h2-7,15H,1H3,(H,18,19). The first kappa shape index (κ1) is 13.2. The molecule has 0 saturated heterocycles. The number of hydrogen-bond acceptors (Lipinski definition) is 3. The zero-order chi connectivity index (χ0) is 14.0. The highest BCUT2D eigenvalue weighted by molar-refractivity contribution is 6.33. The normalized spacial score (nSPS) is 10.2. The van der Waals surface area contributed by atoms with E-state index >= 15 is 0 Å². The molecule has 5 nitrogen and oxygen atoms in total. The Morgan fingerprint density at radius 2 is 2.05 bits per heavy atom. The Morgan fingerprint density at radius 1 is 1.32 bits per heavy atom. The zero-order valence-corrected chi connectivity index (χ0v) is 10.8. The van der Waals surface area contributed by atoms with Crippen molar-refractivity contribution in [2.24, 2.45) is 7.05 Å². The van der Waals surface area contributed by atoms with Crippen LogP contribution >= 0.6 is 11.6 Å². The maximum Gasteiger partial charge on any atom is 0.337 e. The van der Waals surface area contributed by atoms with Gasteiger partial charge in [-0.3, -0.25) is 9.36 Å². The highest BCUT2D eigenvalue weighted by atomic mass is 35.5. The van der Waals surface area contributed by atoms with E-state index in [1.54, 1.807) is 25.2 Å². The van der Waals surface area contributed by atoms with Crippen molar-refractivity contribution >= 4 is 29.1 Å². The molecular formula is C13H11ClN2O3. The molecule has 0 aliphatic rings. The molecule has 0 aliphatic carbocycles. The van der Waals surface area contributed by atoms with Gasteiger partial charge in [0, 0.05) is 18.8 Å². The number of hydrogen-bond donors (Lipinski definition) is 2. The quantitative estimate of drug-likeness (QED) is 0.905. The smallest absolute Gasteiger partial charge is 0.337 e. The second kappa shape index (κ2) is 5.16. The predicted octanol–water partition coefficient (Wildman–Crippen LogP) is 2.48. The van der Waals surface area contributed by atoms with Crippen LogP contribution in [-0.4, -0.2) is 15.6 Å². The average molecular weight is 279 g/mol. The van der Waals surface area contributed by atoms with Gasteiger partial charge in [-0.2, -0.15) is 0 Å². The minimum Gasteiger partial charge on any atom is -0.478 e. The second-order valence-corrected chi connectivity index (χ2v) is 4.34. The fourth-order valence-corrected chi connectivity index (χ4v) is 1.80. The number of nitrogens with zero attached hydrogens (tertiary/aromatic N) is 1. The maximum absolute atomic E-state index is 11.5. The molecule has 0 atom stereocenters. The fraction of sp³-hybridized carbons (Fsp3) is 0.0769. The van der Waals surface area contributed by atoms with Crippen LogP contribution in [0, 0.1) is 0 Å². The summed E-state index contributed by atoms with van der Waals surface area (Å²) in [7, 11) is 1.62. The number of pyridine rings is 1. The molecular weight excluding hydrogens is 268 g/mol. The Morgan fingerprint density at radius 3 is 2.74 bits per heavy atom. The van der Waals surface area contributed by atoms with Crippen LogP contribution in [0.5, 0.6) is 0 Å². The van der Waals surface area contributed by atoms with Crippen LogP contribution in [-0.2, 0) is 7.05 Å². The summed E-state index contributed by atoms with van der Waals surface area (Å²) in [4.78, 5) is 22.4. The first-order chi connectivity index (χ1) is 8.99. The third-order valence-corrected chi connectivity index (χ3v) is 2.98. The van der Waals surface area contributed by atoms with Crippen LogP contribution in [0.2, 0.25) is 5.02 Å². The fourth-order valence-electron chi connectivity index (χ4n) is 1.60. The number of nitrogens with one attached hydrogen (secondary N) is 1. The van der Waals surface area contributed by atoms with Crippen LogP contribution in [0.25, 0.3) is 0 Å². The summed E-state index contributed by atoms with van der Waals surface area (Å²) < 4.78 is 1.43. The summed E-state index contributed by atoms with van der Waals surface area (Å²) in [6.45, 7) is 0. The van der Waals surface area contributed by atoms with Crippen LogP contribution in [0.4, 0.5) is 11.5 Å². The van der Waals surface area contributed by atoms with Crippen molar-refractivity contribution in [3.05, 3.63) is 57.3 Å². The van der Waals surface area contributed by atoms with E-state index in [0.717, 1.165) is 0 Å². The molecule has 1 aromatic carbocycles. The molecule has 0 radical (unpaired) electrons. The van der Waals surface area contributed by atoms with Gasteiger partial charge in [0.05, 0.1) is 10.6 Å². The molecule has 0 amide bonds. The largest absolute Gasteiger partial charge is 0.478 e. The summed E-state index contributed by atoms with van der Waals surface area (Å²) in [5, 5.41) is 12.1. The molecule has 6 heteroatoms. The minimum absolute atomic E-state index is 0.00703. The first-order valence-corrected chi connectivity index (χ1v) is 5.83. The van der Waals surface area contributed by atoms with Crippen LogP contribution in [0.15, 0.2) is 41.2 Å². The van der Waals surface area contributed by atoms with E-state index in [1.807, 2.05) is 0 Å². The topological polar surface area (TPSA) is 71.3 Å². The molecule has 1 aromatic heterocycles. The van der Waals surface area contributed by atoms with E-state index in [2.05, 4.69) is 5.32 Å². The Hall–Kier alpha value is -2.27. The van der Waals surface area contributed by atoms with Crippen LogP contribution < -0.4 is 10.9 Å². The van der Waals surface area contributed by atoms with Gasteiger partial charge in [0.2, 0.25) is 0 Å². The summed E-state index contributed by atoms with van der Waals surface area (Å²) in [5.41, 5.74) is 0.396. The van der Waals surface area contributed by atoms with E-state index in [0.29, 0.717) is 11.5 Å². The molecule has 2 N–H and O–H groups in total. The lowest BCUT2D eigenvalue weighted by Gasteiger charge is -2.11. The molecule has 1 heterocycles. The first-order valence-electron chi connectivity index (χ1n) is 5.45. The molecule has 2 aromatic rings. The monoisotopic (exact) mass is 278 g/mol. The third kappa shape index (κ3) is 2.77. The molecule has 98 valence electrons. The van der Waals surface area contributed by atoms with Gasteiger partial charge in [-0.05, 0) is 24.3 Å². The lowest BCUT2D eigenvalue weighted by molar-refractivity contribution is 0.0697. The van der Waals surface area contributed by atoms with Crippen LogP contribution in [0.3, 0.4) is 0 Å². The van der Waals surface area contributed by atoms with Gasteiger partial charge < -0.3 is 10.4 Å². The Labute approximate surface area is 114 Å². The Kier molecular flexibility index (Phi) is 3.57. The molecule has 0 bridgehead atoms. The summed E-state index contributed by atoms with van der Waals surface area (Å²) in [6, 6.07) is 9.34. The predicted molar refractivity (Wildman–Crippen MR) is 73.4 cm³/mol. The number of halogens is 1. The molecule has 0 unspecified atom stereocenters. The minimum atomic E-state index is -1.10. The van der Waals surface area contributed by atoms with Gasteiger partial charge in [-0.25, -0.2) is 4.79 Å². The van der Waals surface area contributed by atoms with Gasteiger partial charge in [-0.1, -0.05) is 17.7 Å². The number of benzene rings is 1. The van der Waals surface area contributed by atoms with Gasteiger partial charge >= 0.3 is 5.97 Å². The van der Waals surface area contributed by atoms with Crippen molar-refractivity contribution in [1.29, 1.82) is 0 Å². The second-order valence-electron chi connectivity index (χ2n) is 3.93. The van der Waals surface area contributed by atoms with Crippen molar-refractivity contribution in [1.82, 2.24) is 4.57 Å². The zero-order valence-electron chi connectivity index (χ0n) is 10.1. The van der Waals surface area contributed by atoms with Crippen molar-refractivity contribution in [3.63, 3.8) is 0 Å². The average Bonchev–Trinajstić information content (AvgIpc) is 2.37. The number of aromatic nitrogens is 1. The SMILES string of the molecule is Cn1c(Nc2ccc(Cl)c(C(=O)O)c2)cccc1=O. The highest BCUT2D eigenvalue weighted by Gasteiger charge is 2.10. The van der Waals surface area contributed by atoms with E-state index in [-0.39, 0.29) is 16.1 Å². The number of carboxylic acid groups (broad SMARTS) is 1. The lowest BCUT2D eigenvalue weighted by atomic mass is 10.2. The molecule has 0 fully saturated rings. The molecule has 19 heavy (non-hydrogen) atoms. The van der Waals surface area contributed by atoms with Crippen LogP contribution in [0.1, 0.15) is 10.4 Å². The Balaban J connectivity index is 2.39. The summed E-state index contributed by atoms with van der Waals surface area (Å²) in [5.74, 6) is -0.540. The highest BCUT2D eigenvalue weighted by Crippen LogP contribution is 2.22. The third-order valence-electron chi connectivity index (χ3n) is 2.65. The Bertz CT molecular complexity index is 695. The molecule has 0 saturated carbocycles. The number of aromatic carboxylic acids is 1. The number of carboxylic acids is 1. The van der Waals surface area contributed by atoms with E-state index in [9.17, 15) is 9.59 Å². The van der Waals surface area contributed by atoms with E-state index in [4.69, 9.17) is 16.7 Å². The van der Waals surface area contributed by atoms with Crippen molar-refractivity contribution < 1.29 is 9.90 Å². The van der Waals surface area contributed by atoms with Gasteiger partial charge in [0.25, 0.3) is 5.56 Å². The van der Waals surface area contributed by atoms with Gasteiger partial charge in [0.15, 0.2) is 0 Å². The number of anilines is 2. The molecule has 0 aliphatic heterocycles. The number of carbonyl (C=O) groups is 1. The summed E-state index contributed by atoms with van der Waals surface area (Å²) in [6.07, 6.45) is 0. The van der Waals surface area contributed by atoms with Crippen molar-refractivity contribution in [2.75, 3.05) is 5.32 Å². The van der Waals surface area contributed by atoms with Crippen molar-refractivity contribution in [3.8, 4) is 0 Å². The van der Waals surface area contributed by atoms with Gasteiger partial charge in [-0.15, -0.1) is 0 Å². The summed E-state index contributed by atoms with van der Waals surface area (Å²) >= 11 is 5.79.